The lowest BCUT2D eigenvalue weighted by Gasteiger charge is -2.09. The summed E-state index contributed by atoms with van der Waals surface area (Å²) >= 11 is 5.08. The number of hydrogen-bond donors (Lipinski definition) is 1. The highest BCUT2D eigenvalue weighted by Crippen LogP contribution is 2.28. The molecule has 1 aromatic heterocycles. The number of hydrogen-bond acceptors (Lipinski definition) is 4. The van der Waals surface area contributed by atoms with Crippen molar-refractivity contribution in [3.05, 3.63) is 52.1 Å². The Morgan fingerprint density at radius 2 is 2.14 bits per heavy atom. The standard InChI is InChI=1S/C16H19BrN2OS/c1-12-9-15(21-16-6-4-14(17)11-19-16)5-3-13(12)10-18-7-8-20-2/h3-6,9,11,18H,7-8,10H2,1-2H3. The van der Waals surface area contributed by atoms with Crippen molar-refractivity contribution in [1.82, 2.24) is 10.3 Å². The van der Waals surface area contributed by atoms with E-state index in [4.69, 9.17) is 4.74 Å². The summed E-state index contributed by atoms with van der Waals surface area (Å²) in [6.07, 6.45) is 1.82. The molecule has 1 N–H and O–H groups in total. The Balaban J connectivity index is 1.96. The molecule has 5 heteroatoms. The number of benzene rings is 1. The van der Waals surface area contributed by atoms with Gasteiger partial charge in [0.05, 0.1) is 6.61 Å². The molecule has 0 bridgehead atoms. The molecule has 0 unspecified atom stereocenters. The molecule has 0 aliphatic heterocycles. The molecule has 2 rings (SSSR count). The Labute approximate surface area is 138 Å². The second-order valence-corrected chi connectivity index (χ2v) is 6.68. The van der Waals surface area contributed by atoms with Gasteiger partial charge in [0.25, 0.3) is 0 Å². The van der Waals surface area contributed by atoms with Gasteiger partial charge in [-0.15, -0.1) is 0 Å². The first-order chi connectivity index (χ1) is 10.2. The van der Waals surface area contributed by atoms with Gasteiger partial charge in [-0.05, 0) is 58.2 Å². The van der Waals surface area contributed by atoms with Crippen LogP contribution in [0.25, 0.3) is 0 Å². The van der Waals surface area contributed by atoms with E-state index in [9.17, 15) is 0 Å². The summed E-state index contributed by atoms with van der Waals surface area (Å²) in [6.45, 7) is 4.63. The van der Waals surface area contributed by atoms with Crippen LogP contribution < -0.4 is 5.32 Å². The Hall–Kier alpha value is -0.880. The number of halogens is 1. The molecule has 0 spiro atoms. The van der Waals surface area contributed by atoms with Crippen LogP contribution in [0.2, 0.25) is 0 Å². The fraction of sp³-hybridized carbons (Fsp3) is 0.312. The van der Waals surface area contributed by atoms with E-state index in [1.165, 1.54) is 16.0 Å². The van der Waals surface area contributed by atoms with Crippen LogP contribution in [0.3, 0.4) is 0 Å². The fourth-order valence-corrected chi connectivity index (χ4v) is 2.96. The molecule has 0 radical (unpaired) electrons. The molecular weight excluding hydrogens is 348 g/mol. The molecule has 0 aliphatic carbocycles. The number of pyridine rings is 1. The van der Waals surface area contributed by atoms with E-state index < -0.39 is 0 Å². The molecular formula is C16H19BrN2OS. The lowest BCUT2D eigenvalue weighted by atomic mass is 10.1. The van der Waals surface area contributed by atoms with Gasteiger partial charge in [0, 0.05) is 35.8 Å². The maximum atomic E-state index is 5.03. The van der Waals surface area contributed by atoms with Crippen LogP contribution in [0.5, 0.6) is 0 Å². The van der Waals surface area contributed by atoms with Crippen molar-refractivity contribution in [3.63, 3.8) is 0 Å². The van der Waals surface area contributed by atoms with Gasteiger partial charge in [-0.2, -0.15) is 0 Å². The Morgan fingerprint density at radius 1 is 1.29 bits per heavy atom. The minimum absolute atomic E-state index is 0.738. The van der Waals surface area contributed by atoms with Crippen molar-refractivity contribution < 1.29 is 4.74 Å². The van der Waals surface area contributed by atoms with Crippen LogP contribution in [-0.2, 0) is 11.3 Å². The first kappa shape index (κ1) is 16.5. The third kappa shape index (κ3) is 5.43. The number of ether oxygens (including phenoxy) is 1. The molecule has 112 valence electrons. The summed E-state index contributed by atoms with van der Waals surface area (Å²) in [4.78, 5) is 5.60. The van der Waals surface area contributed by atoms with Gasteiger partial charge in [-0.3, -0.25) is 0 Å². The smallest absolute Gasteiger partial charge is 0.101 e. The summed E-state index contributed by atoms with van der Waals surface area (Å²) in [7, 11) is 1.72. The van der Waals surface area contributed by atoms with Gasteiger partial charge >= 0.3 is 0 Å². The van der Waals surface area contributed by atoms with Crippen LogP contribution >= 0.6 is 27.7 Å². The molecule has 0 atom stereocenters. The normalized spacial score (nSPS) is 10.8. The second kappa shape index (κ2) is 8.54. The topological polar surface area (TPSA) is 34.1 Å². The van der Waals surface area contributed by atoms with E-state index in [0.29, 0.717) is 0 Å². The summed E-state index contributed by atoms with van der Waals surface area (Å²) in [5.74, 6) is 0. The van der Waals surface area contributed by atoms with Gasteiger partial charge in [-0.1, -0.05) is 17.8 Å². The molecule has 0 saturated carbocycles. The van der Waals surface area contributed by atoms with Gasteiger partial charge in [0.1, 0.15) is 5.03 Å². The Morgan fingerprint density at radius 3 is 2.81 bits per heavy atom. The van der Waals surface area contributed by atoms with Gasteiger partial charge in [0.15, 0.2) is 0 Å². The maximum absolute atomic E-state index is 5.03. The molecule has 3 nitrogen and oxygen atoms in total. The summed E-state index contributed by atoms with van der Waals surface area (Å²) < 4.78 is 6.03. The predicted molar refractivity (Wildman–Crippen MR) is 90.8 cm³/mol. The lowest BCUT2D eigenvalue weighted by Crippen LogP contribution is -2.19. The van der Waals surface area contributed by atoms with Gasteiger partial charge < -0.3 is 10.1 Å². The molecule has 0 aliphatic rings. The number of aromatic nitrogens is 1. The second-order valence-electron chi connectivity index (χ2n) is 4.67. The number of aryl methyl sites for hydroxylation is 1. The SMILES string of the molecule is COCCNCc1ccc(Sc2ccc(Br)cn2)cc1C. The van der Waals surface area contributed by atoms with Crippen molar-refractivity contribution in [2.45, 2.75) is 23.4 Å². The third-order valence-corrected chi connectivity index (χ3v) is 4.44. The van der Waals surface area contributed by atoms with Crippen molar-refractivity contribution in [3.8, 4) is 0 Å². The fourth-order valence-electron chi connectivity index (χ4n) is 1.87. The monoisotopic (exact) mass is 366 g/mol. The van der Waals surface area contributed by atoms with E-state index in [1.54, 1.807) is 18.9 Å². The quantitative estimate of drug-likeness (QED) is 0.749. The minimum atomic E-state index is 0.738. The first-order valence-corrected chi connectivity index (χ1v) is 8.38. The van der Waals surface area contributed by atoms with E-state index in [1.807, 2.05) is 18.3 Å². The predicted octanol–water partition coefficient (Wildman–Crippen LogP) is 4.04. The Kier molecular flexibility index (Phi) is 6.70. The van der Waals surface area contributed by atoms with E-state index in [0.717, 1.165) is 29.2 Å². The molecule has 1 aromatic carbocycles. The number of rotatable bonds is 7. The highest BCUT2D eigenvalue weighted by atomic mass is 79.9. The number of methoxy groups -OCH3 is 1. The minimum Gasteiger partial charge on any atom is -0.383 e. The van der Waals surface area contributed by atoms with Crippen LogP contribution in [-0.4, -0.2) is 25.2 Å². The summed E-state index contributed by atoms with van der Waals surface area (Å²) in [6, 6.07) is 10.6. The first-order valence-electron chi connectivity index (χ1n) is 6.77. The molecule has 21 heavy (non-hydrogen) atoms. The zero-order valence-corrected chi connectivity index (χ0v) is 14.6. The summed E-state index contributed by atoms with van der Waals surface area (Å²) in [5.41, 5.74) is 2.61. The van der Waals surface area contributed by atoms with Crippen LogP contribution in [0, 0.1) is 6.92 Å². The Bertz CT molecular complexity index is 575. The highest BCUT2D eigenvalue weighted by molar-refractivity contribution is 9.10. The molecule has 0 amide bonds. The number of nitrogens with one attached hydrogen (secondary N) is 1. The van der Waals surface area contributed by atoms with Crippen molar-refractivity contribution in [2.75, 3.05) is 20.3 Å². The van der Waals surface area contributed by atoms with Gasteiger partial charge in [0.2, 0.25) is 0 Å². The van der Waals surface area contributed by atoms with Crippen molar-refractivity contribution in [2.24, 2.45) is 0 Å². The molecule has 2 aromatic rings. The average molecular weight is 367 g/mol. The van der Waals surface area contributed by atoms with E-state index in [-0.39, 0.29) is 0 Å². The van der Waals surface area contributed by atoms with Crippen LogP contribution in [0.4, 0.5) is 0 Å². The van der Waals surface area contributed by atoms with Crippen molar-refractivity contribution in [1.29, 1.82) is 0 Å². The third-order valence-electron chi connectivity index (χ3n) is 3.04. The van der Waals surface area contributed by atoms with Crippen molar-refractivity contribution >= 4 is 27.7 Å². The molecule has 1 heterocycles. The number of nitrogens with zero attached hydrogens (tertiary/aromatic N) is 1. The largest absolute Gasteiger partial charge is 0.383 e. The van der Waals surface area contributed by atoms with Crippen LogP contribution in [0.1, 0.15) is 11.1 Å². The lowest BCUT2D eigenvalue weighted by molar-refractivity contribution is 0.199. The van der Waals surface area contributed by atoms with Crippen LogP contribution in [0.15, 0.2) is 50.9 Å². The molecule has 0 fully saturated rings. The van der Waals surface area contributed by atoms with E-state index >= 15 is 0 Å². The summed E-state index contributed by atoms with van der Waals surface area (Å²) in [5, 5.41) is 4.37. The zero-order valence-electron chi connectivity index (χ0n) is 12.2. The van der Waals surface area contributed by atoms with E-state index in [2.05, 4.69) is 51.4 Å². The zero-order chi connectivity index (χ0) is 15.1. The maximum Gasteiger partial charge on any atom is 0.101 e. The average Bonchev–Trinajstić information content (AvgIpc) is 2.48. The highest BCUT2D eigenvalue weighted by Gasteiger charge is 2.03. The molecule has 0 saturated heterocycles. The van der Waals surface area contributed by atoms with Gasteiger partial charge in [-0.25, -0.2) is 4.98 Å².